The van der Waals surface area contributed by atoms with Crippen LogP contribution in [0.5, 0.6) is 5.75 Å². The van der Waals surface area contributed by atoms with Gasteiger partial charge in [-0.15, -0.1) is 18.3 Å². The maximum Gasteiger partial charge on any atom is 0.573 e. The Labute approximate surface area is 255 Å². The number of benzene rings is 3. The van der Waals surface area contributed by atoms with Gasteiger partial charge in [0.15, 0.2) is 11.0 Å². The number of amidine groups is 1. The van der Waals surface area contributed by atoms with Crippen LogP contribution in [0.2, 0.25) is 0 Å². The largest absolute Gasteiger partial charge is 0.573 e. The number of carbonyl (C=O) groups is 2. The lowest BCUT2D eigenvalue weighted by Crippen LogP contribution is -2.31. The molecule has 3 aromatic carbocycles. The highest BCUT2D eigenvalue weighted by Gasteiger charge is 2.32. The third kappa shape index (κ3) is 7.17. The number of urea groups is 1. The number of hydrogen-bond donors (Lipinski definition) is 1. The monoisotopic (exact) mass is 620 g/mol. The van der Waals surface area contributed by atoms with Gasteiger partial charge in [0.2, 0.25) is 5.91 Å². The highest BCUT2D eigenvalue weighted by Crippen LogP contribution is 2.33. The summed E-state index contributed by atoms with van der Waals surface area (Å²) in [5, 5.41) is 7.42. The van der Waals surface area contributed by atoms with Crippen molar-refractivity contribution in [2.75, 3.05) is 10.7 Å². The van der Waals surface area contributed by atoms with Crippen molar-refractivity contribution >= 4 is 40.1 Å². The van der Waals surface area contributed by atoms with Gasteiger partial charge < -0.3 is 10.1 Å². The molecule has 13 heteroatoms. The molecule has 0 spiro atoms. The number of nitrogens with one attached hydrogen (secondary N) is 1. The van der Waals surface area contributed by atoms with Crippen LogP contribution < -0.4 is 15.0 Å². The number of rotatable bonds is 7. The Kier molecular flexibility index (Phi) is 8.86. The van der Waals surface area contributed by atoms with E-state index >= 15 is 0 Å². The maximum atomic E-state index is 12.7. The first-order valence-electron chi connectivity index (χ1n) is 13.5. The number of para-hydroxylation sites is 1. The summed E-state index contributed by atoms with van der Waals surface area (Å²) in [6, 6.07) is 19.6. The molecule has 226 valence electrons. The average molecular weight is 621 g/mol. The van der Waals surface area contributed by atoms with E-state index in [0.29, 0.717) is 16.7 Å². The van der Waals surface area contributed by atoms with Gasteiger partial charge in [0.1, 0.15) is 12.1 Å². The number of allylic oxidation sites excluding steroid dienone is 1. The molecule has 0 bridgehead atoms. The number of carbonyl (C=O) groups excluding carboxylic acids is 2. The van der Waals surface area contributed by atoms with Crippen molar-refractivity contribution in [2.45, 2.75) is 33.1 Å². The van der Waals surface area contributed by atoms with E-state index in [1.54, 1.807) is 6.20 Å². The number of aliphatic imine (C=N–C) groups is 1. The molecule has 9 nitrogen and oxygen atoms in total. The van der Waals surface area contributed by atoms with E-state index in [9.17, 15) is 22.8 Å². The molecular weight excluding hydrogens is 593 g/mol. The molecule has 4 aromatic rings. The fraction of sp³-hybridized carbons (Fsp3) is 0.194. The van der Waals surface area contributed by atoms with E-state index in [1.807, 2.05) is 69.3 Å². The maximum absolute atomic E-state index is 12.7. The lowest BCUT2D eigenvalue weighted by molar-refractivity contribution is -0.274. The van der Waals surface area contributed by atoms with E-state index < -0.39 is 12.4 Å². The fourth-order valence-corrected chi connectivity index (χ4v) is 5.29. The van der Waals surface area contributed by atoms with Crippen molar-refractivity contribution in [3.05, 3.63) is 96.5 Å². The lowest BCUT2D eigenvalue weighted by atomic mass is 10.0. The predicted molar refractivity (Wildman–Crippen MR) is 164 cm³/mol. The van der Waals surface area contributed by atoms with Crippen molar-refractivity contribution in [3.8, 4) is 22.8 Å². The zero-order valence-electron chi connectivity index (χ0n) is 23.9. The number of halogens is 3. The first kappa shape index (κ1) is 30.5. The molecule has 1 saturated heterocycles. The fourth-order valence-electron chi connectivity index (χ4n) is 4.44. The summed E-state index contributed by atoms with van der Waals surface area (Å²) in [5.41, 5.74) is 4.55. The molecule has 0 radical (unpaired) electrons. The Morgan fingerprint density at radius 3 is 2.45 bits per heavy atom. The molecule has 1 fully saturated rings. The number of alkyl halides is 3. The second kappa shape index (κ2) is 12.8. The van der Waals surface area contributed by atoms with E-state index in [0.717, 1.165) is 28.0 Å². The van der Waals surface area contributed by atoms with Gasteiger partial charge in [-0.3, -0.25) is 9.69 Å². The van der Waals surface area contributed by atoms with Crippen LogP contribution in [0.1, 0.15) is 37.8 Å². The number of ether oxygens (including phenoxy) is 1. The smallest absolute Gasteiger partial charge is 0.406 e. The van der Waals surface area contributed by atoms with Gasteiger partial charge in [-0.2, -0.15) is 4.99 Å². The molecule has 44 heavy (non-hydrogen) atoms. The Hall–Kier alpha value is -4.91. The summed E-state index contributed by atoms with van der Waals surface area (Å²) < 4.78 is 42.6. The van der Waals surface area contributed by atoms with Crippen molar-refractivity contribution in [1.29, 1.82) is 0 Å². The Bertz CT molecular complexity index is 1730. The third-order valence-electron chi connectivity index (χ3n) is 6.60. The number of nitrogens with zero attached hydrogens (tertiary/aromatic N) is 5. The van der Waals surface area contributed by atoms with Gasteiger partial charge in [0.25, 0.3) is 0 Å². The summed E-state index contributed by atoms with van der Waals surface area (Å²) in [6.45, 7) is 5.92. The van der Waals surface area contributed by atoms with Crippen LogP contribution in [0.15, 0.2) is 90.3 Å². The summed E-state index contributed by atoms with van der Waals surface area (Å²) in [5.74, 6) is 0.354. The lowest BCUT2D eigenvalue weighted by Gasteiger charge is -2.21. The van der Waals surface area contributed by atoms with Gasteiger partial charge in [-0.05, 0) is 59.9 Å². The van der Waals surface area contributed by atoms with E-state index in [1.165, 1.54) is 51.9 Å². The zero-order valence-corrected chi connectivity index (χ0v) is 24.7. The minimum atomic E-state index is -4.76. The van der Waals surface area contributed by atoms with Gasteiger partial charge in [0, 0.05) is 11.8 Å². The standard InChI is InChI=1S/C31H27F3N6O3S/c1-19(2)25-6-4-5-7-26(25)40-27(41)17-44-30(40)37-29(42)35-16-20(3)21-8-10-22(11-9-21)28-36-18-39(38-28)23-12-14-24(15-13-23)43-31(32,33)34/h4-16,18-19H,17H2,1-3H3,(H,35,42)/b20-16+,37-30?. The number of anilines is 1. The van der Waals surface area contributed by atoms with Crippen molar-refractivity contribution in [2.24, 2.45) is 4.99 Å². The highest BCUT2D eigenvalue weighted by atomic mass is 32.2. The molecular formula is C31H27F3N6O3S. The molecule has 1 N–H and O–H groups in total. The number of thioether (sulfide) groups is 1. The third-order valence-corrected chi connectivity index (χ3v) is 7.52. The van der Waals surface area contributed by atoms with E-state index in [2.05, 4.69) is 25.1 Å². The summed E-state index contributed by atoms with van der Waals surface area (Å²) in [4.78, 5) is 35.4. The summed E-state index contributed by atoms with van der Waals surface area (Å²) >= 11 is 1.22. The molecule has 0 unspecified atom stereocenters. The Balaban J connectivity index is 1.24. The van der Waals surface area contributed by atoms with E-state index in [-0.39, 0.29) is 23.3 Å². The first-order valence-corrected chi connectivity index (χ1v) is 14.5. The molecule has 0 aliphatic carbocycles. The molecule has 0 saturated carbocycles. The van der Waals surface area contributed by atoms with Crippen molar-refractivity contribution < 1.29 is 27.5 Å². The number of amides is 3. The van der Waals surface area contributed by atoms with Gasteiger partial charge >= 0.3 is 12.4 Å². The molecule has 1 aliphatic heterocycles. The molecule has 1 aromatic heterocycles. The molecule has 5 rings (SSSR count). The Morgan fingerprint density at radius 1 is 1.07 bits per heavy atom. The molecule has 2 heterocycles. The second-order valence-electron chi connectivity index (χ2n) is 10.0. The predicted octanol–water partition coefficient (Wildman–Crippen LogP) is 7.16. The van der Waals surface area contributed by atoms with Crippen LogP contribution in [-0.2, 0) is 4.79 Å². The van der Waals surface area contributed by atoms with Gasteiger partial charge in [-0.25, -0.2) is 14.5 Å². The van der Waals surface area contributed by atoms with Crippen LogP contribution in [0.4, 0.5) is 23.7 Å². The number of hydrogen-bond acceptors (Lipinski definition) is 6. The topological polar surface area (TPSA) is 102 Å². The molecule has 0 atom stereocenters. The van der Waals surface area contributed by atoms with Crippen LogP contribution in [-0.4, -0.2) is 44.0 Å². The quantitative estimate of drug-likeness (QED) is 0.235. The van der Waals surface area contributed by atoms with Crippen LogP contribution in [0.25, 0.3) is 22.6 Å². The van der Waals surface area contributed by atoms with Crippen LogP contribution >= 0.6 is 11.8 Å². The minimum absolute atomic E-state index is 0.130. The first-order chi connectivity index (χ1) is 21.0. The molecule has 3 amide bonds. The summed E-state index contributed by atoms with van der Waals surface area (Å²) in [7, 11) is 0. The zero-order chi connectivity index (χ0) is 31.4. The van der Waals surface area contributed by atoms with Crippen LogP contribution in [0, 0.1) is 0 Å². The SMILES string of the molecule is C/C(=C\NC(=O)N=C1SCC(=O)N1c1ccccc1C(C)C)c1ccc(-c2ncn(-c3ccc(OC(F)(F)F)cc3)n2)cc1. The van der Waals surface area contributed by atoms with Gasteiger partial charge in [0.05, 0.1) is 17.1 Å². The average Bonchev–Trinajstić information content (AvgIpc) is 3.62. The number of aromatic nitrogens is 3. The van der Waals surface area contributed by atoms with E-state index in [4.69, 9.17) is 0 Å². The minimum Gasteiger partial charge on any atom is -0.406 e. The van der Waals surface area contributed by atoms with Gasteiger partial charge in [-0.1, -0.05) is 68.1 Å². The summed E-state index contributed by atoms with van der Waals surface area (Å²) in [6.07, 6.45) is -1.75. The van der Waals surface area contributed by atoms with Crippen molar-refractivity contribution in [1.82, 2.24) is 20.1 Å². The van der Waals surface area contributed by atoms with Crippen molar-refractivity contribution in [3.63, 3.8) is 0 Å². The highest BCUT2D eigenvalue weighted by molar-refractivity contribution is 8.15. The second-order valence-corrected chi connectivity index (χ2v) is 11.0. The molecule has 1 aliphatic rings. The normalized spacial score (nSPS) is 14.9. The Morgan fingerprint density at radius 2 is 1.77 bits per heavy atom. The van der Waals surface area contributed by atoms with Crippen LogP contribution in [0.3, 0.4) is 0 Å².